The molecule has 0 spiro atoms. The largest absolute Gasteiger partial charge is 0.772 e. The fourth-order valence-corrected chi connectivity index (χ4v) is 5.12. The van der Waals surface area contributed by atoms with E-state index < -0.39 is 11.1 Å². The van der Waals surface area contributed by atoms with Gasteiger partial charge in [-0.3, -0.25) is 4.21 Å². The first-order valence-electron chi connectivity index (χ1n) is 8.28. The molecule has 3 nitrogen and oxygen atoms in total. The SMILES string of the molecule is CC/C(=C\c1sc2ccc3ccccc3c2[n+]1CCCS(=O)[O-])SC. The van der Waals surface area contributed by atoms with Gasteiger partial charge in [-0.15, -0.1) is 11.8 Å². The molecule has 1 atom stereocenters. The van der Waals surface area contributed by atoms with Gasteiger partial charge in [0.05, 0.1) is 5.39 Å². The molecule has 6 heteroatoms. The van der Waals surface area contributed by atoms with Gasteiger partial charge in [-0.05, 0) is 35.1 Å². The number of hydrogen-bond acceptors (Lipinski definition) is 4. The number of aromatic nitrogens is 1. The van der Waals surface area contributed by atoms with Crippen molar-refractivity contribution in [3.8, 4) is 0 Å². The van der Waals surface area contributed by atoms with Crippen molar-refractivity contribution in [3.63, 3.8) is 0 Å². The van der Waals surface area contributed by atoms with Gasteiger partial charge in [0.25, 0.3) is 5.01 Å². The van der Waals surface area contributed by atoms with Crippen LogP contribution in [0.2, 0.25) is 0 Å². The third-order valence-electron chi connectivity index (χ3n) is 4.20. The molecule has 3 aromatic rings. The molecule has 0 aliphatic carbocycles. The Labute approximate surface area is 159 Å². The molecule has 3 rings (SSSR count). The van der Waals surface area contributed by atoms with E-state index in [9.17, 15) is 8.76 Å². The second kappa shape index (κ2) is 8.45. The number of thioether (sulfide) groups is 1. The van der Waals surface area contributed by atoms with Crippen molar-refractivity contribution in [2.24, 2.45) is 0 Å². The lowest BCUT2D eigenvalue weighted by molar-refractivity contribution is -0.667. The summed E-state index contributed by atoms with van der Waals surface area (Å²) >= 11 is 1.56. The number of rotatable bonds is 7. The molecule has 0 N–H and O–H groups in total. The van der Waals surface area contributed by atoms with Crippen LogP contribution < -0.4 is 4.57 Å². The molecule has 0 amide bonds. The molecule has 1 heterocycles. The first-order valence-corrected chi connectivity index (χ1v) is 11.6. The maximum absolute atomic E-state index is 10.9. The van der Waals surface area contributed by atoms with Gasteiger partial charge in [-0.1, -0.05) is 53.6 Å². The Morgan fingerprint density at radius 3 is 2.84 bits per heavy atom. The van der Waals surface area contributed by atoms with Crippen LogP contribution >= 0.6 is 23.1 Å². The monoisotopic (exact) mass is 391 g/mol. The molecular weight excluding hydrogens is 370 g/mol. The van der Waals surface area contributed by atoms with Gasteiger partial charge >= 0.3 is 0 Å². The standard InChI is InChI=1S/C19H21NO2S3/c1-3-15(23-2)13-18-20(11-6-12-25(21)22)19-16-8-5-4-7-14(16)9-10-17(19)24-18/h4-5,7-10,13H,3,6,11-12H2,1-2H3/b15-13+. The number of aryl methyl sites for hydroxylation is 1. The lowest BCUT2D eigenvalue weighted by Gasteiger charge is -2.04. The highest BCUT2D eigenvalue weighted by Crippen LogP contribution is 2.30. The lowest BCUT2D eigenvalue weighted by Crippen LogP contribution is -2.36. The predicted octanol–water partition coefficient (Wildman–Crippen LogP) is 4.73. The number of hydrogen-bond donors (Lipinski definition) is 0. The maximum atomic E-state index is 10.9. The number of thiazole rings is 1. The van der Waals surface area contributed by atoms with E-state index in [-0.39, 0.29) is 5.75 Å². The topological polar surface area (TPSA) is 44.0 Å². The van der Waals surface area contributed by atoms with Gasteiger partial charge in [0, 0.05) is 18.2 Å². The normalized spacial score (nSPS) is 13.6. The predicted molar refractivity (Wildman–Crippen MR) is 110 cm³/mol. The first kappa shape index (κ1) is 18.6. The quantitative estimate of drug-likeness (QED) is 0.432. The number of nitrogens with zero attached hydrogens (tertiary/aromatic N) is 1. The van der Waals surface area contributed by atoms with Crippen LogP contribution in [0.15, 0.2) is 41.3 Å². The van der Waals surface area contributed by atoms with Gasteiger partial charge in [0.2, 0.25) is 5.52 Å². The molecule has 1 unspecified atom stereocenters. The molecule has 0 bridgehead atoms. The molecule has 0 saturated heterocycles. The van der Waals surface area contributed by atoms with E-state index in [2.05, 4.69) is 60.2 Å². The average molecular weight is 392 g/mol. The van der Waals surface area contributed by atoms with Crippen molar-refractivity contribution >= 4 is 61.2 Å². The second-order valence-electron chi connectivity index (χ2n) is 5.76. The summed E-state index contributed by atoms with van der Waals surface area (Å²) in [7, 11) is 0. The summed E-state index contributed by atoms with van der Waals surface area (Å²) in [6.07, 6.45) is 5.97. The Hall–Kier alpha value is -1.21. The molecule has 25 heavy (non-hydrogen) atoms. The smallest absolute Gasteiger partial charge is 0.263 e. The summed E-state index contributed by atoms with van der Waals surface area (Å²) < 4.78 is 25.4. The van der Waals surface area contributed by atoms with Crippen molar-refractivity contribution in [1.29, 1.82) is 0 Å². The molecule has 0 aliphatic heterocycles. The Balaban J connectivity index is 2.18. The Morgan fingerprint density at radius 1 is 1.32 bits per heavy atom. The summed E-state index contributed by atoms with van der Waals surface area (Å²) in [5.74, 6) is 0.196. The second-order valence-corrected chi connectivity index (χ2v) is 8.77. The summed E-state index contributed by atoms with van der Waals surface area (Å²) in [4.78, 5) is 1.33. The Bertz CT molecular complexity index is 940. The summed E-state index contributed by atoms with van der Waals surface area (Å²) in [5, 5.41) is 3.63. The van der Waals surface area contributed by atoms with E-state index in [1.54, 1.807) is 23.1 Å². The van der Waals surface area contributed by atoms with E-state index in [1.165, 1.54) is 30.9 Å². The zero-order valence-electron chi connectivity index (χ0n) is 14.4. The maximum Gasteiger partial charge on any atom is 0.263 e. The Kier molecular flexibility index (Phi) is 6.28. The molecule has 0 radical (unpaired) electrons. The van der Waals surface area contributed by atoms with Crippen LogP contribution in [-0.4, -0.2) is 20.8 Å². The van der Waals surface area contributed by atoms with Crippen molar-refractivity contribution in [2.45, 2.75) is 26.3 Å². The number of allylic oxidation sites excluding steroid dienone is 1. The van der Waals surface area contributed by atoms with Crippen LogP contribution in [0.1, 0.15) is 24.8 Å². The number of fused-ring (bicyclic) bond motifs is 3. The van der Waals surface area contributed by atoms with Crippen LogP contribution in [0.4, 0.5) is 0 Å². The molecular formula is C19H21NO2S3. The molecule has 0 aliphatic rings. The molecule has 2 aromatic carbocycles. The molecule has 0 saturated carbocycles. The van der Waals surface area contributed by atoms with Gasteiger partial charge in [0.15, 0.2) is 6.54 Å². The zero-order chi connectivity index (χ0) is 17.8. The molecule has 0 fully saturated rings. The minimum absolute atomic E-state index is 0.196. The van der Waals surface area contributed by atoms with Crippen molar-refractivity contribution in [3.05, 3.63) is 46.3 Å². The van der Waals surface area contributed by atoms with E-state index in [0.717, 1.165) is 6.42 Å². The Morgan fingerprint density at radius 2 is 2.12 bits per heavy atom. The third-order valence-corrected chi connectivity index (χ3v) is 6.85. The zero-order valence-corrected chi connectivity index (χ0v) is 16.8. The van der Waals surface area contributed by atoms with E-state index in [0.29, 0.717) is 13.0 Å². The van der Waals surface area contributed by atoms with Crippen LogP contribution in [0.5, 0.6) is 0 Å². The minimum Gasteiger partial charge on any atom is -0.772 e. The molecule has 1 aromatic heterocycles. The van der Waals surface area contributed by atoms with E-state index in [4.69, 9.17) is 0 Å². The minimum atomic E-state index is -1.99. The van der Waals surface area contributed by atoms with Crippen LogP contribution in [0.25, 0.3) is 27.1 Å². The molecule has 132 valence electrons. The van der Waals surface area contributed by atoms with Crippen LogP contribution in [0.3, 0.4) is 0 Å². The third kappa shape index (κ3) is 4.14. The van der Waals surface area contributed by atoms with Gasteiger partial charge in [-0.2, -0.15) is 4.57 Å². The first-order chi connectivity index (χ1) is 12.1. The lowest BCUT2D eigenvalue weighted by atomic mass is 10.1. The van der Waals surface area contributed by atoms with Crippen molar-refractivity contribution < 1.29 is 13.3 Å². The fraction of sp³-hybridized carbons (Fsp3) is 0.316. The van der Waals surface area contributed by atoms with Gasteiger partial charge < -0.3 is 4.55 Å². The summed E-state index contributed by atoms with van der Waals surface area (Å²) in [6, 6.07) is 12.7. The summed E-state index contributed by atoms with van der Waals surface area (Å²) in [5.41, 5.74) is 1.21. The van der Waals surface area contributed by atoms with Crippen molar-refractivity contribution in [2.75, 3.05) is 12.0 Å². The van der Waals surface area contributed by atoms with E-state index >= 15 is 0 Å². The van der Waals surface area contributed by atoms with E-state index in [1.807, 2.05) is 0 Å². The fourth-order valence-electron chi connectivity index (χ4n) is 2.99. The van der Waals surface area contributed by atoms with Crippen LogP contribution in [-0.2, 0) is 17.6 Å². The average Bonchev–Trinajstić information content (AvgIpc) is 2.97. The van der Waals surface area contributed by atoms with Gasteiger partial charge in [0.1, 0.15) is 4.70 Å². The highest BCUT2D eigenvalue weighted by Gasteiger charge is 2.21. The number of benzene rings is 2. The van der Waals surface area contributed by atoms with Crippen LogP contribution in [0, 0.1) is 0 Å². The highest BCUT2D eigenvalue weighted by atomic mass is 32.2. The summed E-state index contributed by atoms with van der Waals surface area (Å²) in [6.45, 7) is 2.87. The van der Waals surface area contributed by atoms with Gasteiger partial charge in [-0.25, -0.2) is 0 Å². The van der Waals surface area contributed by atoms with Crippen molar-refractivity contribution in [1.82, 2.24) is 0 Å². The highest BCUT2D eigenvalue weighted by molar-refractivity contribution is 8.02.